The number of carbonyl (C=O) groups excluding carboxylic acids is 1. The average molecular weight is 268 g/mol. The molecule has 0 heterocycles. The van der Waals surface area contributed by atoms with E-state index in [0.29, 0.717) is 10.0 Å². The molecule has 1 nitrogen and oxygen atoms in total. The van der Waals surface area contributed by atoms with Gasteiger partial charge in [0, 0.05) is 10.0 Å². The lowest BCUT2D eigenvalue weighted by Crippen LogP contribution is -1.89. The van der Waals surface area contributed by atoms with Gasteiger partial charge in [-0.3, -0.25) is 0 Å². The summed E-state index contributed by atoms with van der Waals surface area (Å²) in [6, 6.07) is 5.01. The molecule has 0 bridgehead atoms. The van der Waals surface area contributed by atoms with Gasteiger partial charge in [-0.1, -0.05) is 39.1 Å². The predicted octanol–water partition coefficient (Wildman–Crippen LogP) is 3.63. The molecule has 0 aliphatic carbocycles. The molecule has 0 aliphatic rings. The van der Waals surface area contributed by atoms with Crippen LogP contribution in [0.3, 0.4) is 0 Å². The van der Waals surface area contributed by atoms with Crippen molar-refractivity contribution < 1.29 is 4.79 Å². The highest BCUT2D eigenvalue weighted by atomic mass is 79.9. The van der Waals surface area contributed by atoms with Crippen LogP contribution in [0.1, 0.15) is 10.4 Å². The second-order valence-electron chi connectivity index (χ2n) is 2.24. The maximum Gasteiger partial charge on any atom is 0.138 e. The third-order valence-electron chi connectivity index (χ3n) is 1.32. The minimum absolute atomic E-state index is 0.339. The van der Waals surface area contributed by atoms with Gasteiger partial charge in [-0.25, -0.2) is 0 Å². The first kappa shape index (κ1) is 10.0. The molecule has 1 aromatic carbocycles. The van der Waals surface area contributed by atoms with Crippen molar-refractivity contribution in [3.8, 4) is 0 Å². The van der Waals surface area contributed by atoms with E-state index in [1.807, 2.05) is 0 Å². The summed E-state index contributed by atoms with van der Waals surface area (Å²) in [5.74, 6) is 0. The standard InChI is InChI=1S/C8H5BrCl2O/c9-8(4-12)5-1-6(10)3-7(11)2-5/h1-4,8H/t8-/m1/s1. The van der Waals surface area contributed by atoms with E-state index < -0.39 is 0 Å². The Kier molecular flexibility index (Phi) is 3.56. The maximum atomic E-state index is 10.4. The van der Waals surface area contributed by atoms with Crippen molar-refractivity contribution in [2.45, 2.75) is 4.83 Å². The molecule has 0 amide bonds. The largest absolute Gasteiger partial charge is 0.302 e. The van der Waals surface area contributed by atoms with E-state index in [2.05, 4.69) is 15.9 Å². The molecule has 4 heteroatoms. The SMILES string of the molecule is O=C[C@@H](Br)c1cc(Cl)cc(Cl)c1. The lowest BCUT2D eigenvalue weighted by atomic mass is 10.2. The van der Waals surface area contributed by atoms with Crippen LogP contribution in [0.25, 0.3) is 0 Å². The number of hydrogen-bond donors (Lipinski definition) is 0. The van der Waals surface area contributed by atoms with Crippen LogP contribution in [0.15, 0.2) is 18.2 Å². The van der Waals surface area contributed by atoms with E-state index in [-0.39, 0.29) is 4.83 Å². The summed E-state index contributed by atoms with van der Waals surface area (Å²) < 4.78 is 0. The summed E-state index contributed by atoms with van der Waals surface area (Å²) in [6.07, 6.45) is 0.780. The lowest BCUT2D eigenvalue weighted by Gasteiger charge is -2.03. The van der Waals surface area contributed by atoms with Crippen LogP contribution in [0, 0.1) is 0 Å². The monoisotopic (exact) mass is 266 g/mol. The van der Waals surface area contributed by atoms with Crippen LogP contribution in [0.5, 0.6) is 0 Å². The van der Waals surface area contributed by atoms with E-state index in [0.717, 1.165) is 11.8 Å². The third kappa shape index (κ3) is 2.47. The fourth-order valence-electron chi connectivity index (χ4n) is 0.813. The molecule has 1 rings (SSSR count). The van der Waals surface area contributed by atoms with Crippen LogP contribution in [0.4, 0.5) is 0 Å². The molecule has 0 saturated heterocycles. The van der Waals surface area contributed by atoms with Gasteiger partial charge in [0.05, 0.1) is 4.83 Å². The van der Waals surface area contributed by atoms with Crippen molar-refractivity contribution in [1.29, 1.82) is 0 Å². The molecule has 1 aromatic rings. The quantitative estimate of drug-likeness (QED) is 0.591. The number of rotatable bonds is 2. The number of carbonyl (C=O) groups is 1. The fraction of sp³-hybridized carbons (Fsp3) is 0.125. The number of hydrogen-bond acceptors (Lipinski definition) is 1. The van der Waals surface area contributed by atoms with Gasteiger partial charge < -0.3 is 4.79 Å². The Labute approximate surface area is 88.8 Å². The summed E-state index contributed by atoms with van der Waals surface area (Å²) in [5, 5.41) is 1.06. The molecule has 0 aliphatic heterocycles. The molecule has 1 atom stereocenters. The molecule has 64 valence electrons. The Balaban J connectivity index is 3.08. The molecule has 12 heavy (non-hydrogen) atoms. The number of halogens is 3. The van der Waals surface area contributed by atoms with Crippen molar-refractivity contribution in [2.24, 2.45) is 0 Å². The van der Waals surface area contributed by atoms with Crippen LogP contribution in [-0.4, -0.2) is 6.29 Å². The highest BCUT2D eigenvalue weighted by Gasteiger charge is 2.06. The molecule has 0 saturated carbocycles. The summed E-state index contributed by atoms with van der Waals surface area (Å²) in [7, 11) is 0. The maximum absolute atomic E-state index is 10.4. The summed E-state index contributed by atoms with van der Waals surface area (Å²) in [4.78, 5) is 10.1. The van der Waals surface area contributed by atoms with Crippen molar-refractivity contribution in [2.75, 3.05) is 0 Å². The highest BCUT2D eigenvalue weighted by Crippen LogP contribution is 2.26. The van der Waals surface area contributed by atoms with Gasteiger partial charge in [-0.2, -0.15) is 0 Å². The topological polar surface area (TPSA) is 17.1 Å². The second kappa shape index (κ2) is 4.26. The molecule has 0 unspecified atom stereocenters. The highest BCUT2D eigenvalue weighted by molar-refractivity contribution is 9.09. The summed E-state index contributed by atoms with van der Waals surface area (Å²) in [6.45, 7) is 0. The Morgan fingerprint density at radius 2 is 1.75 bits per heavy atom. The number of aldehydes is 1. The van der Waals surface area contributed by atoms with E-state index in [1.165, 1.54) is 0 Å². The number of alkyl halides is 1. The van der Waals surface area contributed by atoms with Crippen LogP contribution in [-0.2, 0) is 4.79 Å². The Morgan fingerprint density at radius 3 is 2.17 bits per heavy atom. The van der Waals surface area contributed by atoms with Crippen molar-refractivity contribution >= 4 is 45.4 Å². The smallest absolute Gasteiger partial charge is 0.138 e. The van der Waals surface area contributed by atoms with Gasteiger partial charge in [-0.15, -0.1) is 0 Å². The van der Waals surface area contributed by atoms with E-state index in [1.54, 1.807) is 18.2 Å². The average Bonchev–Trinajstić information content (AvgIpc) is 2.01. The zero-order valence-corrected chi connectivity index (χ0v) is 9.03. The first-order chi connectivity index (χ1) is 5.63. The van der Waals surface area contributed by atoms with Crippen molar-refractivity contribution in [1.82, 2.24) is 0 Å². The van der Waals surface area contributed by atoms with Crippen molar-refractivity contribution in [3.63, 3.8) is 0 Å². The Hall–Kier alpha value is -0.0500. The van der Waals surface area contributed by atoms with Crippen LogP contribution < -0.4 is 0 Å². The van der Waals surface area contributed by atoms with Gasteiger partial charge in [0.25, 0.3) is 0 Å². The Morgan fingerprint density at radius 1 is 1.25 bits per heavy atom. The predicted molar refractivity (Wildman–Crippen MR) is 54.2 cm³/mol. The molecule has 0 aromatic heterocycles. The third-order valence-corrected chi connectivity index (χ3v) is 2.50. The zero-order valence-electron chi connectivity index (χ0n) is 5.93. The molecule has 0 spiro atoms. The first-order valence-electron chi connectivity index (χ1n) is 3.19. The van der Waals surface area contributed by atoms with Gasteiger partial charge >= 0.3 is 0 Å². The number of benzene rings is 1. The first-order valence-corrected chi connectivity index (χ1v) is 4.86. The fourth-order valence-corrected chi connectivity index (χ4v) is 1.62. The second-order valence-corrected chi connectivity index (χ2v) is 4.10. The summed E-state index contributed by atoms with van der Waals surface area (Å²) >= 11 is 14.6. The molecule has 0 radical (unpaired) electrons. The van der Waals surface area contributed by atoms with Crippen LogP contribution >= 0.6 is 39.1 Å². The lowest BCUT2D eigenvalue weighted by molar-refractivity contribution is -0.107. The van der Waals surface area contributed by atoms with Gasteiger partial charge in [-0.05, 0) is 23.8 Å². The summed E-state index contributed by atoms with van der Waals surface area (Å²) in [5.41, 5.74) is 0.766. The van der Waals surface area contributed by atoms with E-state index in [4.69, 9.17) is 23.2 Å². The molecule has 0 N–H and O–H groups in total. The minimum atomic E-state index is -0.339. The van der Waals surface area contributed by atoms with Gasteiger partial charge in [0.1, 0.15) is 6.29 Å². The van der Waals surface area contributed by atoms with E-state index in [9.17, 15) is 4.79 Å². The minimum Gasteiger partial charge on any atom is -0.302 e. The van der Waals surface area contributed by atoms with Crippen molar-refractivity contribution in [3.05, 3.63) is 33.8 Å². The molecular weight excluding hydrogens is 263 g/mol. The molecular formula is C8H5BrCl2O. The molecule has 0 fully saturated rings. The normalized spacial score (nSPS) is 12.6. The van der Waals surface area contributed by atoms with Crippen LogP contribution in [0.2, 0.25) is 10.0 Å². The van der Waals surface area contributed by atoms with Gasteiger partial charge in [0.2, 0.25) is 0 Å². The van der Waals surface area contributed by atoms with E-state index >= 15 is 0 Å². The zero-order chi connectivity index (χ0) is 9.14. The Bertz CT molecular complexity index is 281. The van der Waals surface area contributed by atoms with Gasteiger partial charge in [0.15, 0.2) is 0 Å².